The molecule has 0 aliphatic heterocycles. The molecule has 0 saturated carbocycles. The smallest absolute Gasteiger partial charge is 0.341 e. The lowest BCUT2D eigenvalue weighted by Crippen LogP contribution is -2.14. The highest BCUT2D eigenvalue weighted by atomic mass is 16.6. The first-order valence-corrected chi connectivity index (χ1v) is 6.10. The van der Waals surface area contributed by atoms with E-state index in [0.29, 0.717) is 12.0 Å². The van der Waals surface area contributed by atoms with Crippen LogP contribution in [0.2, 0.25) is 0 Å². The Morgan fingerprint density at radius 1 is 1.30 bits per heavy atom. The van der Waals surface area contributed by atoms with Crippen molar-refractivity contribution in [2.24, 2.45) is 0 Å². The van der Waals surface area contributed by atoms with Gasteiger partial charge in [0.05, 0.1) is 11.5 Å². The van der Waals surface area contributed by atoms with Crippen molar-refractivity contribution in [3.05, 3.63) is 45.5 Å². The molecular weight excluding hydrogens is 262 g/mol. The van der Waals surface area contributed by atoms with Crippen LogP contribution in [0.3, 0.4) is 0 Å². The predicted molar refractivity (Wildman–Crippen MR) is 73.0 cm³/mol. The summed E-state index contributed by atoms with van der Waals surface area (Å²) in [6, 6.07) is 5.55. The van der Waals surface area contributed by atoms with Crippen LogP contribution in [0.4, 0.5) is 5.69 Å². The molecule has 1 rings (SSSR count). The van der Waals surface area contributed by atoms with E-state index in [-0.39, 0.29) is 17.9 Å². The number of non-ortho nitro benzene ring substituents is 1. The van der Waals surface area contributed by atoms with Crippen LogP contribution >= 0.6 is 0 Å². The van der Waals surface area contributed by atoms with Gasteiger partial charge in [-0.1, -0.05) is 6.92 Å². The molecule has 0 aliphatic carbocycles. The molecule has 0 saturated heterocycles. The van der Waals surface area contributed by atoms with E-state index in [1.54, 1.807) is 0 Å². The fourth-order valence-electron chi connectivity index (χ4n) is 1.44. The standard InChI is InChI=1S/C14H15NO5/c1-3-8-20-14(17)13(10(2)16)9-11-4-6-12(7-5-11)15(18)19/h4-7,9H,3,8H2,1-2H3/b13-9-. The average molecular weight is 277 g/mol. The van der Waals surface area contributed by atoms with Gasteiger partial charge < -0.3 is 4.74 Å². The van der Waals surface area contributed by atoms with Gasteiger partial charge in [-0.15, -0.1) is 0 Å². The number of ketones is 1. The Morgan fingerprint density at radius 2 is 1.90 bits per heavy atom. The molecule has 20 heavy (non-hydrogen) atoms. The number of rotatable bonds is 6. The molecule has 6 heteroatoms. The summed E-state index contributed by atoms with van der Waals surface area (Å²) in [4.78, 5) is 33.2. The molecule has 0 heterocycles. The van der Waals surface area contributed by atoms with Gasteiger partial charge in [-0.25, -0.2) is 4.79 Å². The number of Topliss-reactive ketones (excluding diaryl/α,β-unsaturated/α-hetero) is 1. The Kier molecular flexibility index (Phi) is 5.58. The molecule has 0 atom stereocenters. The molecule has 1 aromatic rings. The summed E-state index contributed by atoms with van der Waals surface area (Å²) in [7, 11) is 0. The second-order valence-corrected chi connectivity index (χ2v) is 4.10. The molecule has 0 unspecified atom stereocenters. The van der Waals surface area contributed by atoms with E-state index in [1.807, 2.05) is 6.92 Å². The van der Waals surface area contributed by atoms with E-state index < -0.39 is 16.7 Å². The van der Waals surface area contributed by atoms with Gasteiger partial charge in [0.25, 0.3) is 5.69 Å². The monoisotopic (exact) mass is 277 g/mol. The summed E-state index contributed by atoms with van der Waals surface area (Å²) < 4.78 is 4.91. The van der Waals surface area contributed by atoms with Crippen LogP contribution in [0.25, 0.3) is 6.08 Å². The van der Waals surface area contributed by atoms with Crippen LogP contribution < -0.4 is 0 Å². The minimum atomic E-state index is -0.683. The Hall–Kier alpha value is -2.50. The van der Waals surface area contributed by atoms with Crippen LogP contribution in [0, 0.1) is 10.1 Å². The minimum absolute atomic E-state index is 0.0555. The van der Waals surface area contributed by atoms with Gasteiger partial charge in [-0.05, 0) is 37.1 Å². The maximum Gasteiger partial charge on any atom is 0.341 e. The average Bonchev–Trinajstić information content (AvgIpc) is 2.42. The fraction of sp³-hybridized carbons (Fsp3) is 0.286. The number of esters is 1. The predicted octanol–water partition coefficient (Wildman–Crippen LogP) is 2.52. The van der Waals surface area contributed by atoms with Crippen molar-refractivity contribution in [3.63, 3.8) is 0 Å². The van der Waals surface area contributed by atoms with E-state index in [9.17, 15) is 19.7 Å². The van der Waals surface area contributed by atoms with Crippen LogP contribution in [-0.4, -0.2) is 23.3 Å². The van der Waals surface area contributed by atoms with Crippen molar-refractivity contribution in [1.82, 2.24) is 0 Å². The van der Waals surface area contributed by atoms with Gasteiger partial charge in [0, 0.05) is 12.1 Å². The topological polar surface area (TPSA) is 86.5 Å². The molecular formula is C14H15NO5. The van der Waals surface area contributed by atoms with Crippen molar-refractivity contribution in [2.75, 3.05) is 6.61 Å². The summed E-state index contributed by atoms with van der Waals surface area (Å²) in [6.45, 7) is 3.36. The molecule has 0 aromatic heterocycles. The van der Waals surface area contributed by atoms with E-state index in [1.165, 1.54) is 37.3 Å². The summed E-state index contributed by atoms with van der Waals surface area (Å²) >= 11 is 0. The van der Waals surface area contributed by atoms with E-state index in [4.69, 9.17) is 4.74 Å². The summed E-state index contributed by atoms with van der Waals surface area (Å²) in [5.74, 6) is -1.10. The molecule has 0 N–H and O–H groups in total. The third-order valence-corrected chi connectivity index (χ3v) is 2.45. The van der Waals surface area contributed by atoms with Crippen molar-refractivity contribution in [1.29, 1.82) is 0 Å². The van der Waals surface area contributed by atoms with Gasteiger partial charge in [0.1, 0.15) is 5.57 Å². The summed E-state index contributed by atoms with van der Waals surface area (Å²) in [5.41, 5.74) is 0.390. The molecule has 1 aromatic carbocycles. The number of hydrogen-bond donors (Lipinski definition) is 0. The van der Waals surface area contributed by atoms with Gasteiger partial charge in [0.15, 0.2) is 5.78 Å². The molecule has 0 bridgehead atoms. The highest BCUT2D eigenvalue weighted by Crippen LogP contribution is 2.15. The van der Waals surface area contributed by atoms with Gasteiger partial charge >= 0.3 is 5.97 Å². The number of benzene rings is 1. The number of nitro benzene ring substituents is 1. The zero-order valence-electron chi connectivity index (χ0n) is 11.3. The van der Waals surface area contributed by atoms with Crippen molar-refractivity contribution in [3.8, 4) is 0 Å². The third-order valence-electron chi connectivity index (χ3n) is 2.45. The van der Waals surface area contributed by atoms with Gasteiger partial charge in [0.2, 0.25) is 0 Å². The Labute approximate surface area is 116 Å². The van der Waals surface area contributed by atoms with Crippen LogP contribution in [0.15, 0.2) is 29.8 Å². The summed E-state index contributed by atoms with van der Waals surface area (Å²) in [6.07, 6.45) is 2.03. The number of carbonyl (C=O) groups excluding carboxylic acids is 2. The van der Waals surface area contributed by atoms with E-state index >= 15 is 0 Å². The van der Waals surface area contributed by atoms with Crippen LogP contribution in [-0.2, 0) is 14.3 Å². The van der Waals surface area contributed by atoms with Gasteiger partial charge in [-0.3, -0.25) is 14.9 Å². The van der Waals surface area contributed by atoms with Gasteiger partial charge in [-0.2, -0.15) is 0 Å². The van der Waals surface area contributed by atoms with Crippen molar-refractivity contribution < 1.29 is 19.2 Å². The lowest BCUT2D eigenvalue weighted by Gasteiger charge is -2.04. The van der Waals surface area contributed by atoms with Crippen LogP contribution in [0.5, 0.6) is 0 Å². The Bertz CT molecular complexity index is 545. The number of nitrogens with zero attached hydrogens (tertiary/aromatic N) is 1. The number of ether oxygens (including phenoxy) is 1. The first-order valence-electron chi connectivity index (χ1n) is 6.10. The van der Waals surface area contributed by atoms with E-state index in [2.05, 4.69) is 0 Å². The SMILES string of the molecule is CCCOC(=O)/C(=C\c1ccc([N+](=O)[O-])cc1)C(C)=O. The van der Waals surface area contributed by atoms with Crippen LogP contribution in [0.1, 0.15) is 25.8 Å². The third kappa shape index (κ3) is 4.31. The number of carbonyl (C=O) groups is 2. The van der Waals surface area contributed by atoms with E-state index in [0.717, 1.165) is 0 Å². The van der Waals surface area contributed by atoms with Crippen molar-refractivity contribution in [2.45, 2.75) is 20.3 Å². The molecule has 0 amide bonds. The fourth-order valence-corrected chi connectivity index (χ4v) is 1.44. The first-order chi connectivity index (χ1) is 9.45. The minimum Gasteiger partial charge on any atom is -0.462 e. The number of hydrogen-bond acceptors (Lipinski definition) is 5. The zero-order valence-corrected chi connectivity index (χ0v) is 11.3. The Morgan fingerprint density at radius 3 is 2.35 bits per heavy atom. The lowest BCUT2D eigenvalue weighted by molar-refractivity contribution is -0.384. The zero-order chi connectivity index (χ0) is 15.1. The lowest BCUT2D eigenvalue weighted by atomic mass is 10.1. The largest absolute Gasteiger partial charge is 0.462 e. The number of nitro groups is 1. The second-order valence-electron chi connectivity index (χ2n) is 4.10. The molecule has 0 aliphatic rings. The molecule has 0 spiro atoms. The Balaban J connectivity index is 2.99. The molecule has 0 fully saturated rings. The quantitative estimate of drug-likeness (QED) is 0.199. The highest BCUT2D eigenvalue weighted by molar-refractivity contribution is 6.19. The normalized spacial score (nSPS) is 11.0. The summed E-state index contributed by atoms with van der Waals surface area (Å²) in [5, 5.41) is 10.5. The first kappa shape index (κ1) is 15.6. The maximum atomic E-state index is 11.7. The molecule has 6 nitrogen and oxygen atoms in total. The van der Waals surface area contributed by atoms with Crippen molar-refractivity contribution >= 4 is 23.5 Å². The molecule has 0 radical (unpaired) electrons. The highest BCUT2D eigenvalue weighted by Gasteiger charge is 2.16. The second kappa shape index (κ2) is 7.18. The maximum absolute atomic E-state index is 11.7. The molecule has 106 valence electrons.